The number of carbonyl (C=O) groups excluding carboxylic acids is 1. The topological polar surface area (TPSA) is 84.7 Å². The lowest BCUT2D eigenvalue weighted by Gasteiger charge is -2.09. The number of hydrogen-bond donors (Lipinski definition) is 2. The molecule has 128 valence electrons. The largest absolute Gasteiger partial charge is 0.368 e. The van der Waals surface area contributed by atoms with E-state index in [4.69, 9.17) is 0 Å². The molecule has 0 unspecified atom stereocenters. The summed E-state index contributed by atoms with van der Waals surface area (Å²) in [5, 5.41) is 10.3. The summed E-state index contributed by atoms with van der Waals surface area (Å²) in [6.07, 6.45) is 3.92. The van der Waals surface area contributed by atoms with Crippen LogP contribution in [0.2, 0.25) is 0 Å². The Hall–Kier alpha value is -3.22. The molecule has 1 amide bonds. The van der Waals surface area contributed by atoms with E-state index in [2.05, 4.69) is 25.7 Å². The highest BCUT2D eigenvalue weighted by atomic mass is 16.1. The number of nitrogens with zero attached hydrogens (tertiary/aromatic N) is 4. The maximum atomic E-state index is 11.9. The van der Waals surface area contributed by atoms with Crippen LogP contribution in [0.15, 0.2) is 54.9 Å². The molecule has 7 nitrogen and oxygen atoms in total. The Morgan fingerprint density at radius 3 is 2.72 bits per heavy atom. The van der Waals surface area contributed by atoms with Gasteiger partial charge in [0, 0.05) is 31.5 Å². The Bertz CT molecular complexity index is 817. The van der Waals surface area contributed by atoms with Gasteiger partial charge in [0.15, 0.2) is 5.82 Å². The number of amides is 1. The van der Waals surface area contributed by atoms with Crippen LogP contribution >= 0.6 is 0 Å². The van der Waals surface area contributed by atoms with Gasteiger partial charge in [0.05, 0.1) is 6.42 Å². The van der Waals surface area contributed by atoms with Crippen LogP contribution in [0.1, 0.15) is 11.4 Å². The van der Waals surface area contributed by atoms with Gasteiger partial charge < -0.3 is 10.6 Å². The molecule has 3 rings (SSSR count). The van der Waals surface area contributed by atoms with E-state index in [0.717, 1.165) is 5.56 Å². The summed E-state index contributed by atoms with van der Waals surface area (Å²) >= 11 is 0. The van der Waals surface area contributed by atoms with Gasteiger partial charge in [-0.3, -0.25) is 4.79 Å². The minimum atomic E-state index is 0.00379. The third-order valence-electron chi connectivity index (χ3n) is 3.52. The second-order valence-electron chi connectivity index (χ2n) is 5.55. The van der Waals surface area contributed by atoms with Crippen molar-refractivity contribution in [1.82, 2.24) is 25.1 Å². The highest BCUT2D eigenvalue weighted by Gasteiger charge is 2.05. The van der Waals surface area contributed by atoms with E-state index in [1.54, 1.807) is 10.9 Å². The number of aromatic nitrogens is 4. The number of nitrogens with one attached hydrogen (secondary N) is 2. The summed E-state index contributed by atoms with van der Waals surface area (Å²) in [5.74, 6) is 2.07. The molecular formula is C18H20N6O. The summed E-state index contributed by atoms with van der Waals surface area (Å²) in [7, 11) is 0. The molecule has 25 heavy (non-hydrogen) atoms. The molecule has 0 fully saturated rings. The molecule has 0 radical (unpaired) electrons. The second kappa shape index (κ2) is 8.05. The second-order valence-corrected chi connectivity index (χ2v) is 5.55. The molecule has 2 N–H and O–H groups in total. The average molecular weight is 336 g/mol. The van der Waals surface area contributed by atoms with Crippen LogP contribution < -0.4 is 10.6 Å². The van der Waals surface area contributed by atoms with Crippen molar-refractivity contribution >= 4 is 11.7 Å². The van der Waals surface area contributed by atoms with E-state index in [0.29, 0.717) is 37.0 Å². The van der Waals surface area contributed by atoms with Gasteiger partial charge >= 0.3 is 0 Å². The zero-order valence-corrected chi connectivity index (χ0v) is 14.0. The quantitative estimate of drug-likeness (QED) is 0.642. The van der Waals surface area contributed by atoms with Crippen molar-refractivity contribution in [3.05, 3.63) is 66.2 Å². The van der Waals surface area contributed by atoms with E-state index in [-0.39, 0.29) is 5.91 Å². The molecule has 1 aromatic carbocycles. The lowest BCUT2D eigenvalue weighted by atomic mass is 10.1. The predicted octanol–water partition coefficient (Wildman–Crippen LogP) is 1.74. The molecule has 0 bridgehead atoms. The first kappa shape index (κ1) is 16.6. The molecule has 2 heterocycles. The van der Waals surface area contributed by atoms with Crippen molar-refractivity contribution in [2.75, 3.05) is 18.4 Å². The SMILES string of the molecule is Cc1nc(NCCNC(=O)Cc2ccccc2)cc(-n2cccn2)n1. The summed E-state index contributed by atoms with van der Waals surface area (Å²) in [6.45, 7) is 2.93. The van der Waals surface area contributed by atoms with Crippen molar-refractivity contribution in [2.24, 2.45) is 0 Å². The minimum Gasteiger partial charge on any atom is -0.368 e. The third-order valence-corrected chi connectivity index (χ3v) is 3.52. The van der Waals surface area contributed by atoms with Gasteiger partial charge in [-0.25, -0.2) is 14.6 Å². The van der Waals surface area contributed by atoms with E-state index in [1.165, 1.54) is 0 Å². The summed E-state index contributed by atoms with van der Waals surface area (Å²) in [5.41, 5.74) is 1.00. The smallest absolute Gasteiger partial charge is 0.224 e. The number of benzene rings is 1. The van der Waals surface area contributed by atoms with Crippen LogP contribution in [0.25, 0.3) is 5.82 Å². The van der Waals surface area contributed by atoms with Crippen molar-refractivity contribution in [2.45, 2.75) is 13.3 Å². The van der Waals surface area contributed by atoms with Crippen molar-refractivity contribution in [1.29, 1.82) is 0 Å². The maximum absolute atomic E-state index is 11.9. The van der Waals surface area contributed by atoms with Crippen molar-refractivity contribution in [3.8, 4) is 5.82 Å². The Labute approximate surface area is 146 Å². The van der Waals surface area contributed by atoms with Gasteiger partial charge in [0.1, 0.15) is 11.6 Å². The molecule has 7 heteroatoms. The van der Waals surface area contributed by atoms with Crippen LogP contribution in [0, 0.1) is 6.92 Å². The first-order chi connectivity index (χ1) is 12.2. The molecular weight excluding hydrogens is 316 g/mol. The van der Waals surface area contributed by atoms with Gasteiger partial charge in [-0.1, -0.05) is 30.3 Å². The third kappa shape index (κ3) is 4.87. The van der Waals surface area contributed by atoms with Crippen LogP contribution in [0.4, 0.5) is 5.82 Å². The van der Waals surface area contributed by atoms with E-state index in [9.17, 15) is 4.79 Å². The monoisotopic (exact) mass is 336 g/mol. The molecule has 0 saturated carbocycles. The molecule has 0 atom stereocenters. The summed E-state index contributed by atoms with van der Waals surface area (Å²) < 4.78 is 1.68. The standard InChI is InChI=1S/C18H20N6O/c1-14-22-16(13-17(23-14)24-11-5-8-21-24)19-9-10-20-18(25)12-15-6-3-2-4-7-15/h2-8,11,13H,9-10,12H2,1H3,(H,20,25)(H,19,22,23). The van der Waals surface area contributed by atoms with Crippen LogP contribution in [-0.2, 0) is 11.2 Å². The first-order valence-corrected chi connectivity index (χ1v) is 8.11. The summed E-state index contributed by atoms with van der Waals surface area (Å²) in [6, 6.07) is 13.3. The Morgan fingerprint density at radius 2 is 1.96 bits per heavy atom. The number of hydrogen-bond acceptors (Lipinski definition) is 5. The predicted molar refractivity (Wildman–Crippen MR) is 95.5 cm³/mol. The average Bonchev–Trinajstić information content (AvgIpc) is 3.14. The fourth-order valence-corrected chi connectivity index (χ4v) is 2.40. The van der Waals surface area contributed by atoms with Crippen molar-refractivity contribution < 1.29 is 4.79 Å². The normalized spacial score (nSPS) is 10.4. The molecule has 0 aliphatic carbocycles. The minimum absolute atomic E-state index is 0.00379. The molecule has 3 aromatic rings. The number of carbonyl (C=O) groups is 1. The maximum Gasteiger partial charge on any atom is 0.224 e. The number of rotatable bonds is 7. The van der Waals surface area contributed by atoms with E-state index < -0.39 is 0 Å². The zero-order chi connectivity index (χ0) is 17.5. The Kier molecular flexibility index (Phi) is 5.36. The van der Waals surface area contributed by atoms with Gasteiger partial charge in [0.25, 0.3) is 0 Å². The fourth-order valence-electron chi connectivity index (χ4n) is 2.40. The first-order valence-electron chi connectivity index (χ1n) is 8.11. The Balaban J connectivity index is 1.48. The van der Waals surface area contributed by atoms with Gasteiger partial charge in [0.2, 0.25) is 5.91 Å². The fraction of sp³-hybridized carbons (Fsp3) is 0.222. The lowest BCUT2D eigenvalue weighted by molar-refractivity contribution is -0.120. The van der Waals surface area contributed by atoms with Crippen LogP contribution in [-0.4, -0.2) is 38.7 Å². The molecule has 0 saturated heterocycles. The Morgan fingerprint density at radius 1 is 1.12 bits per heavy atom. The van der Waals surface area contributed by atoms with Gasteiger partial charge in [-0.2, -0.15) is 5.10 Å². The van der Waals surface area contributed by atoms with E-state index >= 15 is 0 Å². The molecule has 0 aliphatic rings. The number of anilines is 1. The highest BCUT2D eigenvalue weighted by molar-refractivity contribution is 5.78. The van der Waals surface area contributed by atoms with Crippen molar-refractivity contribution in [3.63, 3.8) is 0 Å². The molecule has 2 aromatic heterocycles. The summed E-state index contributed by atoms with van der Waals surface area (Å²) in [4.78, 5) is 20.6. The van der Waals surface area contributed by atoms with Gasteiger partial charge in [-0.15, -0.1) is 0 Å². The highest BCUT2D eigenvalue weighted by Crippen LogP contribution is 2.09. The van der Waals surface area contributed by atoms with Gasteiger partial charge in [-0.05, 0) is 18.6 Å². The van der Waals surface area contributed by atoms with Crippen LogP contribution in [0.3, 0.4) is 0 Å². The molecule has 0 spiro atoms. The molecule has 0 aliphatic heterocycles. The zero-order valence-electron chi connectivity index (χ0n) is 14.0. The lowest BCUT2D eigenvalue weighted by Crippen LogP contribution is -2.30. The number of aryl methyl sites for hydroxylation is 1. The van der Waals surface area contributed by atoms with E-state index in [1.807, 2.05) is 55.6 Å². The van der Waals surface area contributed by atoms with Crippen LogP contribution in [0.5, 0.6) is 0 Å².